The van der Waals surface area contributed by atoms with Crippen molar-refractivity contribution in [3.63, 3.8) is 0 Å². The van der Waals surface area contributed by atoms with E-state index in [1.165, 1.54) is 0 Å². The minimum absolute atomic E-state index is 0.112. The molecule has 1 heterocycles. The number of nitrogens with two attached hydrogens (primary N) is 1. The molecule has 0 radical (unpaired) electrons. The van der Waals surface area contributed by atoms with Crippen LogP contribution in [-0.2, 0) is 6.42 Å². The standard InChI is InChI=1S/C16H25FN2/c1-4-13(18)9-12-5-6-15(14(17)10-12)19-8-7-16(2,3)11-19/h5-6,10,13H,4,7-9,11,18H2,1-3H3. The smallest absolute Gasteiger partial charge is 0.146 e. The van der Waals surface area contributed by atoms with Crippen LogP contribution < -0.4 is 10.6 Å². The fraction of sp³-hybridized carbons (Fsp3) is 0.625. The van der Waals surface area contributed by atoms with Gasteiger partial charge in [-0.2, -0.15) is 0 Å². The Morgan fingerprint density at radius 1 is 1.42 bits per heavy atom. The van der Waals surface area contributed by atoms with Gasteiger partial charge in [-0.3, -0.25) is 0 Å². The lowest BCUT2D eigenvalue weighted by atomic mass is 9.93. The number of hydrogen-bond donors (Lipinski definition) is 1. The first-order chi connectivity index (χ1) is 8.91. The second kappa shape index (κ2) is 5.49. The molecule has 1 fully saturated rings. The molecule has 2 rings (SSSR count). The zero-order valence-electron chi connectivity index (χ0n) is 12.2. The Kier molecular flexibility index (Phi) is 4.14. The van der Waals surface area contributed by atoms with Crippen LogP contribution in [-0.4, -0.2) is 19.1 Å². The topological polar surface area (TPSA) is 29.3 Å². The molecular formula is C16H25FN2. The average molecular weight is 264 g/mol. The van der Waals surface area contributed by atoms with Crippen LogP contribution in [0, 0.1) is 11.2 Å². The molecule has 0 aromatic heterocycles. The summed E-state index contributed by atoms with van der Waals surface area (Å²) in [5, 5.41) is 0. The molecule has 0 saturated carbocycles. The third-order valence-corrected chi connectivity index (χ3v) is 4.05. The van der Waals surface area contributed by atoms with Crippen LogP contribution in [0.25, 0.3) is 0 Å². The van der Waals surface area contributed by atoms with Crippen molar-refractivity contribution in [1.29, 1.82) is 0 Å². The van der Waals surface area contributed by atoms with E-state index in [1.54, 1.807) is 6.07 Å². The maximum atomic E-state index is 14.2. The van der Waals surface area contributed by atoms with Crippen LogP contribution >= 0.6 is 0 Å². The molecule has 1 aliphatic heterocycles. The maximum absolute atomic E-state index is 14.2. The van der Waals surface area contributed by atoms with Gasteiger partial charge in [0.05, 0.1) is 5.69 Å². The summed E-state index contributed by atoms with van der Waals surface area (Å²) in [6.45, 7) is 8.40. The second-order valence-corrected chi connectivity index (χ2v) is 6.49. The van der Waals surface area contributed by atoms with Crippen molar-refractivity contribution in [3.05, 3.63) is 29.6 Å². The van der Waals surface area contributed by atoms with Crippen molar-refractivity contribution in [3.8, 4) is 0 Å². The molecule has 2 nitrogen and oxygen atoms in total. The minimum Gasteiger partial charge on any atom is -0.369 e. The van der Waals surface area contributed by atoms with E-state index in [9.17, 15) is 4.39 Å². The Morgan fingerprint density at radius 2 is 2.16 bits per heavy atom. The Balaban J connectivity index is 2.12. The number of halogens is 1. The molecule has 106 valence electrons. The monoisotopic (exact) mass is 264 g/mol. The van der Waals surface area contributed by atoms with Crippen LogP contribution in [0.2, 0.25) is 0 Å². The summed E-state index contributed by atoms with van der Waals surface area (Å²) in [5.74, 6) is -0.112. The average Bonchev–Trinajstić information content (AvgIpc) is 2.69. The number of benzene rings is 1. The molecule has 0 bridgehead atoms. The van der Waals surface area contributed by atoms with Crippen LogP contribution in [0.4, 0.5) is 10.1 Å². The Labute approximate surface area is 115 Å². The highest BCUT2D eigenvalue weighted by Crippen LogP contribution is 2.33. The van der Waals surface area contributed by atoms with Crippen LogP contribution in [0.3, 0.4) is 0 Å². The third kappa shape index (κ3) is 3.47. The highest BCUT2D eigenvalue weighted by Gasteiger charge is 2.30. The summed E-state index contributed by atoms with van der Waals surface area (Å²) in [6, 6.07) is 5.69. The summed E-state index contributed by atoms with van der Waals surface area (Å²) in [6.07, 6.45) is 2.79. The van der Waals surface area contributed by atoms with Crippen molar-refractivity contribution in [2.24, 2.45) is 11.1 Å². The van der Waals surface area contributed by atoms with Crippen molar-refractivity contribution in [1.82, 2.24) is 0 Å². The number of nitrogens with zero attached hydrogens (tertiary/aromatic N) is 1. The lowest BCUT2D eigenvalue weighted by Gasteiger charge is -2.22. The van der Waals surface area contributed by atoms with Gasteiger partial charge in [0.25, 0.3) is 0 Å². The molecule has 1 aliphatic rings. The van der Waals surface area contributed by atoms with E-state index in [0.29, 0.717) is 0 Å². The SMILES string of the molecule is CCC(N)Cc1ccc(N2CCC(C)(C)C2)c(F)c1. The van der Waals surface area contributed by atoms with Gasteiger partial charge in [0.1, 0.15) is 5.82 Å². The maximum Gasteiger partial charge on any atom is 0.146 e. The normalized spacial score (nSPS) is 19.7. The summed E-state index contributed by atoms with van der Waals surface area (Å²) in [5.41, 5.74) is 7.94. The van der Waals surface area contributed by atoms with Crippen LogP contribution in [0.1, 0.15) is 39.2 Å². The van der Waals surface area contributed by atoms with E-state index in [1.807, 2.05) is 12.1 Å². The molecule has 0 spiro atoms. The zero-order valence-corrected chi connectivity index (χ0v) is 12.2. The lowest BCUT2D eigenvalue weighted by molar-refractivity contribution is 0.418. The quantitative estimate of drug-likeness (QED) is 0.903. The van der Waals surface area contributed by atoms with Crippen molar-refractivity contribution in [2.45, 2.75) is 46.1 Å². The third-order valence-electron chi connectivity index (χ3n) is 4.05. The van der Waals surface area contributed by atoms with Gasteiger partial charge in [-0.25, -0.2) is 4.39 Å². The van der Waals surface area contributed by atoms with E-state index in [2.05, 4.69) is 25.7 Å². The molecule has 2 N–H and O–H groups in total. The molecule has 0 amide bonds. The summed E-state index contributed by atoms with van der Waals surface area (Å²) < 4.78 is 14.2. The van der Waals surface area contributed by atoms with Gasteiger partial charge >= 0.3 is 0 Å². The first-order valence-electron chi connectivity index (χ1n) is 7.20. The highest BCUT2D eigenvalue weighted by atomic mass is 19.1. The van der Waals surface area contributed by atoms with Crippen LogP contribution in [0.15, 0.2) is 18.2 Å². The van der Waals surface area contributed by atoms with Gasteiger partial charge in [-0.15, -0.1) is 0 Å². The molecule has 19 heavy (non-hydrogen) atoms. The van der Waals surface area contributed by atoms with Gasteiger partial charge < -0.3 is 10.6 Å². The minimum atomic E-state index is -0.112. The number of hydrogen-bond acceptors (Lipinski definition) is 2. The molecule has 3 heteroatoms. The lowest BCUT2D eigenvalue weighted by Crippen LogP contribution is -2.24. The number of rotatable bonds is 4. The first-order valence-corrected chi connectivity index (χ1v) is 7.20. The molecule has 1 aromatic carbocycles. The Bertz CT molecular complexity index is 442. The van der Waals surface area contributed by atoms with E-state index >= 15 is 0 Å². The molecule has 1 aromatic rings. The fourth-order valence-corrected chi connectivity index (χ4v) is 2.70. The molecule has 1 saturated heterocycles. The van der Waals surface area contributed by atoms with E-state index in [-0.39, 0.29) is 17.3 Å². The van der Waals surface area contributed by atoms with Gasteiger partial charge in [-0.1, -0.05) is 26.8 Å². The summed E-state index contributed by atoms with van der Waals surface area (Å²) in [4.78, 5) is 2.15. The van der Waals surface area contributed by atoms with Crippen LogP contribution in [0.5, 0.6) is 0 Å². The summed E-state index contributed by atoms with van der Waals surface area (Å²) in [7, 11) is 0. The first kappa shape index (κ1) is 14.3. The molecule has 0 aliphatic carbocycles. The molecule has 1 atom stereocenters. The second-order valence-electron chi connectivity index (χ2n) is 6.49. The van der Waals surface area contributed by atoms with E-state index < -0.39 is 0 Å². The van der Waals surface area contributed by atoms with E-state index in [4.69, 9.17) is 5.73 Å². The van der Waals surface area contributed by atoms with E-state index in [0.717, 1.165) is 43.6 Å². The fourth-order valence-electron chi connectivity index (χ4n) is 2.70. The Hall–Kier alpha value is -1.09. The van der Waals surface area contributed by atoms with Crippen molar-refractivity contribution in [2.75, 3.05) is 18.0 Å². The zero-order chi connectivity index (χ0) is 14.0. The van der Waals surface area contributed by atoms with Crippen molar-refractivity contribution < 1.29 is 4.39 Å². The molecule has 1 unspecified atom stereocenters. The molecular weight excluding hydrogens is 239 g/mol. The van der Waals surface area contributed by atoms with Gasteiger partial charge in [0, 0.05) is 19.1 Å². The van der Waals surface area contributed by atoms with Gasteiger partial charge in [0.15, 0.2) is 0 Å². The van der Waals surface area contributed by atoms with Crippen molar-refractivity contribution >= 4 is 5.69 Å². The summed E-state index contributed by atoms with van der Waals surface area (Å²) >= 11 is 0. The highest BCUT2D eigenvalue weighted by molar-refractivity contribution is 5.50. The predicted octanol–water partition coefficient (Wildman–Crippen LogP) is 3.34. The van der Waals surface area contributed by atoms with Gasteiger partial charge in [-0.05, 0) is 42.4 Å². The van der Waals surface area contributed by atoms with Gasteiger partial charge in [0.2, 0.25) is 0 Å². The predicted molar refractivity (Wildman–Crippen MR) is 79.0 cm³/mol. The largest absolute Gasteiger partial charge is 0.369 e. The number of anilines is 1. The Morgan fingerprint density at radius 3 is 2.68 bits per heavy atom.